The Balaban J connectivity index is 1.15. The maximum atomic E-state index is 12.5. The molecule has 0 atom stereocenters. The highest BCUT2D eigenvalue weighted by Crippen LogP contribution is 2.24. The third kappa shape index (κ3) is 5.81. The quantitative estimate of drug-likeness (QED) is 0.380. The molecule has 0 aliphatic carbocycles. The van der Waals surface area contributed by atoms with Gasteiger partial charge in [0.2, 0.25) is 5.89 Å². The molecule has 0 spiro atoms. The number of amides is 1. The SMILES string of the molecule is Cc1oc(-c2ccc(C(=O)NCCc3cccs3)cc2)nc1CN1CCN(c2ccccc2)CC1. The largest absolute Gasteiger partial charge is 0.441 e. The van der Waals surface area contributed by atoms with Crippen molar-refractivity contribution in [2.45, 2.75) is 19.9 Å². The molecule has 0 saturated carbocycles. The van der Waals surface area contributed by atoms with Gasteiger partial charge in [-0.25, -0.2) is 4.98 Å². The van der Waals surface area contributed by atoms with Crippen LogP contribution in [0.5, 0.6) is 0 Å². The first-order valence-corrected chi connectivity index (χ1v) is 12.9. The smallest absolute Gasteiger partial charge is 0.251 e. The van der Waals surface area contributed by atoms with E-state index >= 15 is 0 Å². The zero-order chi connectivity index (χ0) is 24.0. The molecule has 0 bridgehead atoms. The summed E-state index contributed by atoms with van der Waals surface area (Å²) in [4.78, 5) is 23.4. The van der Waals surface area contributed by atoms with Gasteiger partial charge >= 0.3 is 0 Å². The molecular formula is C28H30N4O2S. The van der Waals surface area contributed by atoms with Gasteiger partial charge in [0.05, 0.1) is 5.69 Å². The number of para-hydroxylation sites is 1. The first-order chi connectivity index (χ1) is 17.2. The fourth-order valence-electron chi connectivity index (χ4n) is 4.33. The second-order valence-corrected chi connectivity index (χ2v) is 9.82. The van der Waals surface area contributed by atoms with Gasteiger partial charge in [-0.1, -0.05) is 24.3 Å². The van der Waals surface area contributed by atoms with Crippen LogP contribution in [0, 0.1) is 6.92 Å². The maximum absolute atomic E-state index is 12.5. The lowest BCUT2D eigenvalue weighted by Crippen LogP contribution is -2.46. The van der Waals surface area contributed by atoms with Crippen molar-refractivity contribution in [2.24, 2.45) is 0 Å². The molecule has 4 aromatic rings. The van der Waals surface area contributed by atoms with Crippen LogP contribution in [0.15, 0.2) is 76.5 Å². The number of carbonyl (C=O) groups is 1. The Morgan fingerprint density at radius 1 is 1.00 bits per heavy atom. The number of aryl methyl sites for hydroxylation is 1. The molecule has 1 aliphatic rings. The van der Waals surface area contributed by atoms with Gasteiger partial charge < -0.3 is 14.6 Å². The maximum Gasteiger partial charge on any atom is 0.251 e. The van der Waals surface area contributed by atoms with Crippen LogP contribution in [0.4, 0.5) is 5.69 Å². The van der Waals surface area contributed by atoms with Gasteiger partial charge in [0.1, 0.15) is 5.76 Å². The van der Waals surface area contributed by atoms with Crippen LogP contribution in [0.3, 0.4) is 0 Å². The number of piperazine rings is 1. The Morgan fingerprint density at radius 3 is 2.49 bits per heavy atom. The number of nitrogens with one attached hydrogen (secondary N) is 1. The van der Waals surface area contributed by atoms with Gasteiger partial charge in [-0.3, -0.25) is 9.69 Å². The number of nitrogens with zero attached hydrogens (tertiary/aromatic N) is 3. The van der Waals surface area contributed by atoms with E-state index in [0.717, 1.165) is 56.2 Å². The van der Waals surface area contributed by atoms with Crippen molar-refractivity contribution in [2.75, 3.05) is 37.6 Å². The lowest BCUT2D eigenvalue weighted by Gasteiger charge is -2.35. The second-order valence-electron chi connectivity index (χ2n) is 8.78. The number of aromatic nitrogens is 1. The molecule has 7 heteroatoms. The summed E-state index contributed by atoms with van der Waals surface area (Å²) in [6.07, 6.45) is 0.848. The summed E-state index contributed by atoms with van der Waals surface area (Å²) < 4.78 is 5.99. The van der Waals surface area contributed by atoms with E-state index in [-0.39, 0.29) is 5.91 Å². The normalized spacial score (nSPS) is 14.3. The van der Waals surface area contributed by atoms with Crippen molar-refractivity contribution in [3.05, 3.63) is 94.0 Å². The monoisotopic (exact) mass is 486 g/mol. The van der Waals surface area contributed by atoms with Crippen LogP contribution in [0.1, 0.15) is 26.7 Å². The van der Waals surface area contributed by atoms with Gasteiger partial charge in [-0.05, 0) is 61.2 Å². The van der Waals surface area contributed by atoms with E-state index in [1.807, 2.05) is 37.3 Å². The third-order valence-corrected chi connectivity index (χ3v) is 7.33. The molecule has 2 aromatic carbocycles. The van der Waals surface area contributed by atoms with E-state index in [1.54, 1.807) is 11.3 Å². The van der Waals surface area contributed by atoms with Crippen LogP contribution >= 0.6 is 11.3 Å². The average molecular weight is 487 g/mol. The second kappa shape index (κ2) is 10.9. The Morgan fingerprint density at radius 2 is 1.77 bits per heavy atom. The van der Waals surface area contributed by atoms with E-state index in [0.29, 0.717) is 18.0 Å². The molecule has 35 heavy (non-hydrogen) atoms. The average Bonchev–Trinajstić information content (AvgIpc) is 3.55. The van der Waals surface area contributed by atoms with Gasteiger partial charge in [0.25, 0.3) is 5.91 Å². The molecule has 5 rings (SSSR count). The molecule has 1 fully saturated rings. The van der Waals surface area contributed by atoms with E-state index in [4.69, 9.17) is 9.40 Å². The van der Waals surface area contributed by atoms with E-state index in [9.17, 15) is 4.79 Å². The molecule has 1 aliphatic heterocycles. The predicted molar refractivity (Wildman–Crippen MR) is 141 cm³/mol. The molecule has 1 saturated heterocycles. The summed E-state index contributed by atoms with van der Waals surface area (Å²) in [5.74, 6) is 1.39. The number of thiophene rings is 1. The zero-order valence-electron chi connectivity index (χ0n) is 19.9. The molecule has 180 valence electrons. The first-order valence-electron chi connectivity index (χ1n) is 12.1. The van der Waals surface area contributed by atoms with Crippen molar-refractivity contribution in [3.8, 4) is 11.5 Å². The summed E-state index contributed by atoms with van der Waals surface area (Å²) in [7, 11) is 0. The summed E-state index contributed by atoms with van der Waals surface area (Å²) in [5, 5.41) is 5.04. The molecule has 2 aromatic heterocycles. The molecule has 0 radical (unpaired) electrons. The van der Waals surface area contributed by atoms with E-state index in [2.05, 4.69) is 56.9 Å². The molecule has 1 amide bonds. The fourth-order valence-corrected chi connectivity index (χ4v) is 5.04. The van der Waals surface area contributed by atoms with Crippen LogP contribution in [-0.4, -0.2) is 48.5 Å². The summed E-state index contributed by atoms with van der Waals surface area (Å²) >= 11 is 1.71. The molecule has 0 unspecified atom stereocenters. The molecule has 6 nitrogen and oxygen atoms in total. The van der Waals surface area contributed by atoms with Crippen molar-refractivity contribution in [1.82, 2.24) is 15.2 Å². The van der Waals surface area contributed by atoms with Crippen LogP contribution in [0.25, 0.3) is 11.5 Å². The lowest BCUT2D eigenvalue weighted by molar-refractivity contribution is 0.0954. The minimum absolute atomic E-state index is 0.0629. The minimum Gasteiger partial charge on any atom is -0.441 e. The van der Waals surface area contributed by atoms with Crippen LogP contribution in [0.2, 0.25) is 0 Å². The Bertz CT molecular complexity index is 1230. The Kier molecular flexibility index (Phi) is 7.25. The number of anilines is 1. The van der Waals surface area contributed by atoms with Crippen LogP contribution < -0.4 is 10.2 Å². The highest BCUT2D eigenvalue weighted by Gasteiger charge is 2.20. The summed E-state index contributed by atoms with van der Waals surface area (Å²) in [6, 6.07) is 22.2. The highest BCUT2D eigenvalue weighted by atomic mass is 32.1. The van der Waals surface area contributed by atoms with Crippen LogP contribution in [-0.2, 0) is 13.0 Å². The zero-order valence-corrected chi connectivity index (χ0v) is 20.8. The van der Waals surface area contributed by atoms with Crippen molar-refractivity contribution in [1.29, 1.82) is 0 Å². The Labute approximate surface area is 210 Å². The Hall–Kier alpha value is -3.42. The number of oxazole rings is 1. The topological polar surface area (TPSA) is 61.6 Å². The number of hydrogen-bond donors (Lipinski definition) is 1. The number of hydrogen-bond acceptors (Lipinski definition) is 6. The van der Waals surface area contributed by atoms with E-state index in [1.165, 1.54) is 10.6 Å². The van der Waals surface area contributed by atoms with Gasteiger partial charge in [-0.15, -0.1) is 11.3 Å². The van der Waals surface area contributed by atoms with Crippen molar-refractivity contribution in [3.63, 3.8) is 0 Å². The lowest BCUT2D eigenvalue weighted by atomic mass is 10.1. The molecule has 1 N–H and O–H groups in total. The summed E-state index contributed by atoms with van der Waals surface area (Å²) in [5.41, 5.74) is 3.78. The standard InChI is InChI=1S/C28H30N4O2S/c1-21-26(20-31-15-17-32(18-16-31)24-6-3-2-4-7-24)30-28(34-21)23-11-9-22(10-12-23)27(33)29-14-13-25-8-5-19-35-25/h2-12,19H,13-18,20H2,1H3,(H,29,33). The summed E-state index contributed by atoms with van der Waals surface area (Å²) in [6.45, 7) is 7.38. The van der Waals surface area contributed by atoms with Crippen molar-refractivity contribution < 1.29 is 9.21 Å². The van der Waals surface area contributed by atoms with Crippen molar-refractivity contribution >= 4 is 22.9 Å². The molecule has 3 heterocycles. The van der Waals surface area contributed by atoms with Gasteiger partial charge in [-0.2, -0.15) is 0 Å². The molecular weight excluding hydrogens is 456 g/mol. The highest BCUT2D eigenvalue weighted by molar-refractivity contribution is 7.09. The fraction of sp³-hybridized carbons (Fsp3) is 0.286. The van der Waals surface area contributed by atoms with Gasteiger partial charge in [0, 0.05) is 61.0 Å². The number of rotatable bonds is 8. The number of benzene rings is 2. The predicted octanol–water partition coefficient (Wildman–Crippen LogP) is 5.01. The van der Waals surface area contributed by atoms with Gasteiger partial charge in [0.15, 0.2) is 0 Å². The minimum atomic E-state index is -0.0629. The van der Waals surface area contributed by atoms with E-state index < -0.39 is 0 Å². The first kappa shape index (κ1) is 23.3. The third-order valence-electron chi connectivity index (χ3n) is 6.39. The number of carbonyl (C=O) groups excluding carboxylic acids is 1.